The first-order chi connectivity index (χ1) is 10.8. The lowest BCUT2D eigenvalue weighted by atomic mass is 10.2. The van der Waals surface area contributed by atoms with E-state index < -0.39 is 0 Å². The Kier molecular flexibility index (Phi) is 5.51. The maximum atomic E-state index is 12.6. The summed E-state index contributed by atoms with van der Waals surface area (Å²) in [7, 11) is -0.464. The summed E-state index contributed by atoms with van der Waals surface area (Å²) in [5.74, 6) is 3.57. The van der Waals surface area contributed by atoms with E-state index in [0.717, 1.165) is 49.2 Å². The van der Waals surface area contributed by atoms with E-state index in [1.807, 2.05) is 0 Å². The van der Waals surface area contributed by atoms with Crippen molar-refractivity contribution in [3.8, 4) is 0 Å². The van der Waals surface area contributed by atoms with Crippen molar-refractivity contribution in [2.75, 3.05) is 49.2 Å². The van der Waals surface area contributed by atoms with Gasteiger partial charge < -0.3 is 10.6 Å². The number of rotatable bonds is 2. The minimum absolute atomic E-state index is 0.116. The highest BCUT2D eigenvalue weighted by Crippen LogP contribution is 2.15. The first kappa shape index (κ1) is 16.0. The minimum atomic E-state index is -0.250. The summed E-state index contributed by atoms with van der Waals surface area (Å²) in [6.45, 7) is 3.60. The Morgan fingerprint density at radius 3 is 2.05 bits per heavy atom. The SMILES string of the molecule is O=C(c1ccnc(C(=O)[S+]2CCNCC2)c1)[S+]1CCNCC1. The lowest BCUT2D eigenvalue weighted by Gasteiger charge is -2.14. The molecule has 0 amide bonds. The first-order valence-electron chi connectivity index (χ1n) is 7.57. The quantitative estimate of drug-likeness (QED) is 0.731. The smallest absolute Gasteiger partial charge is 0.308 e. The molecule has 0 saturated carbocycles. The summed E-state index contributed by atoms with van der Waals surface area (Å²) < 4.78 is 0. The number of carbonyl (C=O) groups is 2. The Morgan fingerprint density at radius 2 is 1.45 bits per heavy atom. The number of hydrogen-bond donors (Lipinski definition) is 2. The fourth-order valence-corrected chi connectivity index (χ4v) is 6.17. The number of carbonyl (C=O) groups excluding carboxylic acids is 2. The molecule has 2 saturated heterocycles. The van der Waals surface area contributed by atoms with Gasteiger partial charge in [0.25, 0.3) is 0 Å². The Morgan fingerprint density at radius 1 is 0.909 bits per heavy atom. The number of nitrogens with zero attached hydrogens (tertiary/aromatic N) is 1. The van der Waals surface area contributed by atoms with Crippen molar-refractivity contribution < 1.29 is 9.59 Å². The molecule has 3 rings (SSSR count). The summed E-state index contributed by atoms with van der Waals surface area (Å²) in [4.78, 5) is 29.4. The molecule has 0 spiro atoms. The maximum absolute atomic E-state index is 12.6. The molecule has 0 aromatic carbocycles. The Bertz CT molecular complexity index is 510. The predicted octanol–water partition coefficient (Wildman–Crippen LogP) is -0.195. The van der Waals surface area contributed by atoms with Crippen LogP contribution in [0.2, 0.25) is 0 Å². The molecule has 0 unspecified atom stereocenters. The Hall–Kier alpha value is -0.890. The van der Waals surface area contributed by atoms with E-state index in [-0.39, 0.29) is 32.0 Å². The van der Waals surface area contributed by atoms with Crippen LogP contribution in [-0.4, -0.2) is 64.4 Å². The standard InChI is InChI=1S/C15H21N3O2S2/c19-14(21-7-3-16-4-8-21)12-1-2-18-13(11-12)15(20)22-9-5-17-6-10-22/h1-2,11,16-17H,3-10H2/q+2. The van der Waals surface area contributed by atoms with Crippen LogP contribution >= 0.6 is 0 Å². The lowest BCUT2D eigenvalue weighted by molar-refractivity contribution is 0.108. The van der Waals surface area contributed by atoms with E-state index in [9.17, 15) is 9.59 Å². The van der Waals surface area contributed by atoms with Gasteiger partial charge in [-0.2, -0.15) is 0 Å². The van der Waals surface area contributed by atoms with Gasteiger partial charge in [0.1, 0.15) is 23.0 Å². The fourth-order valence-electron chi connectivity index (χ4n) is 2.59. The van der Waals surface area contributed by atoms with Crippen molar-refractivity contribution in [1.82, 2.24) is 15.6 Å². The van der Waals surface area contributed by atoms with Gasteiger partial charge in [-0.3, -0.25) is 0 Å². The number of nitrogens with one attached hydrogen (secondary N) is 2. The third-order valence-corrected chi connectivity index (χ3v) is 8.11. The summed E-state index contributed by atoms with van der Waals surface area (Å²) in [6, 6.07) is 3.47. The molecule has 2 aliphatic heterocycles. The molecule has 2 fully saturated rings. The van der Waals surface area contributed by atoms with Crippen LogP contribution in [0.15, 0.2) is 18.3 Å². The van der Waals surface area contributed by atoms with Crippen LogP contribution in [0, 0.1) is 0 Å². The second-order valence-corrected chi connectivity index (χ2v) is 9.65. The van der Waals surface area contributed by atoms with Gasteiger partial charge in [-0.15, -0.1) is 0 Å². The predicted molar refractivity (Wildman–Crippen MR) is 92.8 cm³/mol. The molecule has 1 aromatic heterocycles. The van der Waals surface area contributed by atoms with Crippen LogP contribution in [0.1, 0.15) is 20.8 Å². The van der Waals surface area contributed by atoms with Crippen molar-refractivity contribution in [2.45, 2.75) is 0 Å². The van der Waals surface area contributed by atoms with Crippen LogP contribution in [0.25, 0.3) is 0 Å². The van der Waals surface area contributed by atoms with Gasteiger partial charge in [-0.1, -0.05) is 0 Å². The summed E-state index contributed by atoms with van der Waals surface area (Å²) in [5.41, 5.74) is 1.12. The molecule has 22 heavy (non-hydrogen) atoms. The molecular formula is C15H21N3O2S2+2. The highest BCUT2D eigenvalue weighted by atomic mass is 32.2. The van der Waals surface area contributed by atoms with Gasteiger partial charge in [0, 0.05) is 32.4 Å². The van der Waals surface area contributed by atoms with Gasteiger partial charge in [-0.25, -0.2) is 14.6 Å². The average molecular weight is 339 g/mol. The summed E-state index contributed by atoms with van der Waals surface area (Å²) in [5, 5.41) is 6.85. The topological polar surface area (TPSA) is 71.1 Å². The fraction of sp³-hybridized carbons (Fsp3) is 0.533. The van der Waals surface area contributed by atoms with E-state index in [1.54, 1.807) is 18.3 Å². The average Bonchev–Trinajstić information content (AvgIpc) is 2.62. The van der Waals surface area contributed by atoms with Gasteiger partial charge in [-0.05, 0) is 12.1 Å². The number of pyridine rings is 1. The highest BCUT2D eigenvalue weighted by Gasteiger charge is 2.36. The second kappa shape index (κ2) is 7.59. The lowest BCUT2D eigenvalue weighted by Crippen LogP contribution is -2.40. The minimum Gasteiger partial charge on any atom is -0.308 e. The zero-order valence-corrected chi connectivity index (χ0v) is 14.1. The monoisotopic (exact) mass is 339 g/mol. The molecule has 1 aromatic rings. The van der Waals surface area contributed by atoms with Gasteiger partial charge in [0.2, 0.25) is 0 Å². The largest absolute Gasteiger partial charge is 0.380 e. The van der Waals surface area contributed by atoms with Crippen molar-refractivity contribution in [2.24, 2.45) is 0 Å². The molecule has 0 atom stereocenters. The molecule has 5 nitrogen and oxygen atoms in total. The van der Waals surface area contributed by atoms with E-state index in [0.29, 0.717) is 11.3 Å². The molecule has 118 valence electrons. The van der Waals surface area contributed by atoms with Crippen molar-refractivity contribution in [3.63, 3.8) is 0 Å². The Balaban J connectivity index is 1.73. The van der Waals surface area contributed by atoms with Crippen LogP contribution in [-0.2, 0) is 21.8 Å². The van der Waals surface area contributed by atoms with Crippen LogP contribution in [0.5, 0.6) is 0 Å². The third-order valence-electron chi connectivity index (χ3n) is 3.83. The van der Waals surface area contributed by atoms with Crippen molar-refractivity contribution in [3.05, 3.63) is 29.6 Å². The molecule has 3 heterocycles. The van der Waals surface area contributed by atoms with E-state index >= 15 is 0 Å². The zero-order valence-electron chi connectivity index (χ0n) is 12.5. The van der Waals surface area contributed by atoms with Crippen LogP contribution in [0.3, 0.4) is 0 Å². The third kappa shape index (κ3) is 3.71. The number of hydrogen-bond acceptors (Lipinski definition) is 5. The maximum Gasteiger partial charge on any atom is 0.380 e. The van der Waals surface area contributed by atoms with Crippen LogP contribution < -0.4 is 10.6 Å². The molecule has 7 heteroatoms. The Labute approximate surface area is 136 Å². The number of aromatic nitrogens is 1. The first-order valence-corrected chi connectivity index (χ1v) is 10.7. The molecule has 2 N–H and O–H groups in total. The molecule has 0 radical (unpaired) electrons. The molecule has 0 bridgehead atoms. The zero-order chi connectivity index (χ0) is 15.4. The van der Waals surface area contributed by atoms with E-state index in [1.165, 1.54) is 0 Å². The molecule has 2 aliphatic rings. The summed E-state index contributed by atoms with van der Waals surface area (Å²) in [6.07, 6.45) is 1.61. The van der Waals surface area contributed by atoms with Gasteiger partial charge >= 0.3 is 10.2 Å². The van der Waals surface area contributed by atoms with Crippen molar-refractivity contribution >= 4 is 32.0 Å². The second-order valence-electron chi connectivity index (χ2n) is 5.31. The molecular weight excluding hydrogens is 318 g/mol. The normalized spacial score (nSPS) is 20.7. The van der Waals surface area contributed by atoms with Gasteiger partial charge in [0.15, 0.2) is 5.69 Å². The van der Waals surface area contributed by atoms with Gasteiger partial charge in [0.05, 0.1) is 27.4 Å². The summed E-state index contributed by atoms with van der Waals surface area (Å²) >= 11 is 0. The van der Waals surface area contributed by atoms with E-state index in [4.69, 9.17) is 0 Å². The molecule has 0 aliphatic carbocycles. The highest BCUT2D eigenvalue weighted by molar-refractivity contribution is 8.11. The van der Waals surface area contributed by atoms with Crippen LogP contribution in [0.4, 0.5) is 0 Å². The van der Waals surface area contributed by atoms with Crippen molar-refractivity contribution in [1.29, 1.82) is 0 Å². The van der Waals surface area contributed by atoms with E-state index in [2.05, 4.69) is 15.6 Å².